The van der Waals surface area contributed by atoms with E-state index in [0.717, 1.165) is 0 Å². The lowest BCUT2D eigenvalue weighted by Crippen LogP contribution is -1.98. The smallest absolute Gasteiger partial charge is 0.299 e. The van der Waals surface area contributed by atoms with Crippen molar-refractivity contribution in [1.82, 2.24) is 20.2 Å². The highest BCUT2D eigenvalue weighted by Gasteiger charge is 2.20. The maximum atomic E-state index is 10.8. The second-order valence-electron chi connectivity index (χ2n) is 2.81. The first kappa shape index (κ1) is 10.0. The van der Waals surface area contributed by atoms with Crippen molar-refractivity contribution in [2.45, 2.75) is 0 Å². The Balaban J connectivity index is 2.59. The number of H-pyrrole nitrogens is 1. The molecule has 0 aliphatic heterocycles. The minimum Gasteiger partial charge on any atom is -0.481 e. The van der Waals surface area contributed by atoms with Gasteiger partial charge in [0.15, 0.2) is 11.5 Å². The van der Waals surface area contributed by atoms with E-state index in [1.165, 1.54) is 25.6 Å². The van der Waals surface area contributed by atoms with E-state index < -0.39 is 4.92 Å². The molecule has 0 saturated heterocycles. The first-order valence-electron chi connectivity index (χ1n) is 4.27. The number of nitrogens with zero attached hydrogens (tertiary/aromatic N) is 4. The lowest BCUT2D eigenvalue weighted by molar-refractivity contribution is -0.384. The van der Waals surface area contributed by atoms with E-state index in [0.29, 0.717) is 0 Å². The number of hydrogen-bond acceptors (Lipinski definition) is 6. The molecule has 82 valence electrons. The van der Waals surface area contributed by atoms with E-state index >= 15 is 0 Å². The van der Waals surface area contributed by atoms with E-state index in [2.05, 4.69) is 20.2 Å². The first-order chi connectivity index (χ1) is 7.72. The van der Waals surface area contributed by atoms with Crippen LogP contribution in [0.25, 0.3) is 11.5 Å². The summed E-state index contributed by atoms with van der Waals surface area (Å²) >= 11 is 0. The molecule has 0 aliphatic rings. The number of aromatic nitrogens is 4. The molecule has 0 atom stereocenters. The molecule has 0 unspecified atom stereocenters. The second-order valence-corrected chi connectivity index (χ2v) is 2.81. The van der Waals surface area contributed by atoms with Crippen LogP contribution in [0, 0.1) is 10.1 Å². The van der Waals surface area contributed by atoms with Crippen molar-refractivity contribution < 1.29 is 9.66 Å². The fraction of sp³-hybridized carbons (Fsp3) is 0.125. The van der Waals surface area contributed by atoms with Crippen molar-refractivity contribution in [3.05, 3.63) is 28.6 Å². The van der Waals surface area contributed by atoms with Crippen LogP contribution in [0.1, 0.15) is 0 Å². The monoisotopic (exact) mass is 221 g/mol. The van der Waals surface area contributed by atoms with Crippen molar-refractivity contribution in [2.75, 3.05) is 7.11 Å². The van der Waals surface area contributed by atoms with Gasteiger partial charge in [-0.1, -0.05) is 0 Å². The fourth-order valence-electron chi connectivity index (χ4n) is 1.19. The van der Waals surface area contributed by atoms with E-state index in [1.54, 1.807) is 0 Å². The Morgan fingerprint density at radius 2 is 2.31 bits per heavy atom. The Labute approximate surface area is 89.5 Å². The SMILES string of the molecule is COc1ccc([N+](=O)[O-])c(-c2ncn[nH]2)n1. The number of methoxy groups -OCH3 is 1. The molecular weight excluding hydrogens is 214 g/mol. The standard InChI is InChI=1S/C8H7N5O3/c1-16-6-3-2-5(13(14)15)7(11-6)8-9-4-10-12-8/h2-4H,1H3,(H,9,10,12). The van der Waals surface area contributed by atoms with Gasteiger partial charge in [-0.2, -0.15) is 5.10 Å². The summed E-state index contributed by atoms with van der Waals surface area (Å²) in [5.74, 6) is 0.502. The van der Waals surface area contributed by atoms with Crippen LogP contribution in [-0.2, 0) is 0 Å². The van der Waals surface area contributed by atoms with Crippen LogP contribution < -0.4 is 4.74 Å². The Morgan fingerprint density at radius 3 is 2.88 bits per heavy atom. The van der Waals surface area contributed by atoms with Crippen LogP contribution in [0.2, 0.25) is 0 Å². The van der Waals surface area contributed by atoms with Crippen molar-refractivity contribution in [3.8, 4) is 17.4 Å². The Bertz CT molecular complexity index is 510. The van der Waals surface area contributed by atoms with E-state index in [9.17, 15) is 10.1 Å². The third-order valence-corrected chi connectivity index (χ3v) is 1.89. The normalized spacial score (nSPS) is 10.1. The molecule has 0 bridgehead atoms. The van der Waals surface area contributed by atoms with Crippen molar-refractivity contribution in [2.24, 2.45) is 0 Å². The fourth-order valence-corrected chi connectivity index (χ4v) is 1.19. The number of hydrogen-bond donors (Lipinski definition) is 1. The predicted molar refractivity (Wildman–Crippen MR) is 52.8 cm³/mol. The molecule has 2 rings (SSSR count). The largest absolute Gasteiger partial charge is 0.481 e. The number of pyridine rings is 1. The molecule has 2 aromatic rings. The van der Waals surface area contributed by atoms with E-state index in [-0.39, 0.29) is 23.1 Å². The predicted octanol–water partition coefficient (Wildman–Crippen LogP) is 0.783. The molecule has 2 heterocycles. The van der Waals surface area contributed by atoms with Crippen molar-refractivity contribution >= 4 is 5.69 Å². The van der Waals surface area contributed by atoms with E-state index in [4.69, 9.17) is 4.74 Å². The zero-order valence-electron chi connectivity index (χ0n) is 8.25. The quantitative estimate of drug-likeness (QED) is 0.606. The minimum atomic E-state index is -0.537. The molecule has 0 aromatic carbocycles. The third kappa shape index (κ3) is 1.67. The van der Waals surface area contributed by atoms with Crippen LogP contribution in [0.15, 0.2) is 18.5 Å². The van der Waals surface area contributed by atoms with Gasteiger partial charge in [-0.25, -0.2) is 9.97 Å². The summed E-state index contributed by atoms with van der Waals surface area (Å²) in [6.45, 7) is 0. The highest BCUT2D eigenvalue weighted by atomic mass is 16.6. The minimum absolute atomic E-state index is 0.0989. The van der Waals surface area contributed by atoms with Crippen LogP contribution >= 0.6 is 0 Å². The summed E-state index contributed by atoms with van der Waals surface area (Å²) in [6, 6.07) is 2.72. The molecule has 1 N–H and O–H groups in total. The zero-order valence-corrected chi connectivity index (χ0v) is 8.25. The lowest BCUT2D eigenvalue weighted by atomic mass is 10.3. The Kier molecular flexibility index (Phi) is 2.46. The van der Waals surface area contributed by atoms with Crippen LogP contribution in [-0.4, -0.2) is 32.2 Å². The van der Waals surface area contributed by atoms with Crippen LogP contribution in [0.5, 0.6) is 5.88 Å². The van der Waals surface area contributed by atoms with Gasteiger partial charge in [0.2, 0.25) is 5.88 Å². The number of ether oxygens (including phenoxy) is 1. The zero-order chi connectivity index (χ0) is 11.5. The molecule has 0 saturated carbocycles. The van der Waals surface area contributed by atoms with Gasteiger partial charge in [0.25, 0.3) is 5.69 Å². The summed E-state index contributed by atoms with van der Waals surface area (Å²) in [6.07, 6.45) is 1.25. The van der Waals surface area contributed by atoms with Gasteiger partial charge in [0.1, 0.15) is 6.33 Å². The molecular formula is C8H7N5O3. The molecule has 0 amide bonds. The first-order valence-corrected chi connectivity index (χ1v) is 4.27. The number of nitrogens with one attached hydrogen (secondary N) is 1. The Hall–Kier alpha value is -2.51. The molecule has 8 heteroatoms. The second kappa shape index (κ2) is 3.93. The molecule has 0 aliphatic carbocycles. The summed E-state index contributed by atoms with van der Waals surface area (Å²) in [7, 11) is 1.43. The third-order valence-electron chi connectivity index (χ3n) is 1.89. The maximum Gasteiger partial charge on any atom is 0.299 e. The Morgan fingerprint density at radius 1 is 1.50 bits per heavy atom. The average molecular weight is 221 g/mol. The van der Waals surface area contributed by atoms with Gasteiger partial charge in [0.05, 0.1) is 12.0 Å². The summed E-state index contributed by atoms with van der Waals surface area (Å²) < 4.78 is 4.89. The van der Waals surface area contributed by atoms with Gasteiger partial charge in [-0.3, -0.25) is 15.2 Å². The average Bonchev–Trinajstić information content (AvgIpc) is 2.81. The van der Waals surface area contributed by atoms with Crippen molar-refractivity contribution in [1.29, 1.82) is 0 Å². The van der Waals surface area contributed by atoms with Gasteiger partial charge < -0.3 is 4.74 Å². The molecule has 16 heavy (non-hydrogen) atoms. The molecule has 8 nitrogen and oxygen atoms in total. The molecule has 0 fully saturated rings. The molecule has 0 spiro atoms. The van der Waals surface area contributed by atoms with Crippen LogP contribution in [0.3, 0.4) is 0 Å². The number of aromatic amines is 1. The van der Waals surface area contributed by atoms with Gasteiger partial charge in [-0.15, -0.1) is 0 Å². The topological polar surface area (TPSA) is 107 Å². The maximum absolute atomic E-state index is 10.8. The van der Waals surface area contributed by atoms with E-state index in [1.807, 2.05) is 0 Å². The van der Waals surface area contributed by atoms with Crippen molar-refractivity contribution in [3.63, 3.8) is 0 Å². The van der Waals surface area contributed by atoms with Gasteiger partial charge in [0, 0.05) is 12.1 Å². The number of rotatable bonds is 3. The summed E-state index contributed by atoms with van der Waals surface area (Å²) in [5.41, 5.74) is -0.0561. The van der Waals surface area contributed by atoms with Crippen LogP contribution in [0.4, 0.5) is 5.69 Å². The highest BCUT2D eigenvalue weighted by Crippen LogP contribution is 2.26. The molecule has 2 aromatic heterocycles. The summed E-state index contributed by atoms with van der Waals surface area (Å²) in [4.78, 5) is 18.0. The number of nitro groups is 1. The lowest BCUT2D eigenvalue weighted by Gasteiger charge is -2.01. The van der Waals surface area contributed by atoms with Gasteiger partial charge >= 0.3 is 0 Å². The highest BCUT2D eigenvalue weighted by molar-refractivity contribution is 5.63. The van der Waals surface area contributed by atoms with Gasteiger partial charge in [-0.05, 0) is 0 Å². The summed E-state index contributed by atoms with van der Waals surface area (Å²) in [5, 5.41) is 16.9. The molecule has 0 radical (unpaired) electrons.